The zero-order valence-corrected chi connectivity index (χ0v) is 18.3. The normalized spacial score (nSPS) is 11.4. The Kier molecular flexibility index (Phi) is 5.54. The fraction of sp³-hybridized carbons (Fsp3) is 0.190. The molecule has 3 heterocycles. The van der Waals surface area contributed by atoms with Crippen LogP contribution in [0.2, 0.25) is 5.15 Å². The molecular formula is C21H20ClN7O3. The first-order valence-corrected chi connectivity index (χ1v) is 10.0. The molecule has 0 atom stereocenters. The minimum atomic E-state index is -0.466. The van der Waals surface area contributed by atoms with Gasteiger partial charge in [-0.25, -0.2) is 14.3 Å². The van der Waals surface area contributed by atoms with Crippen LogP contribution in [0.3, 0.4) is 0 Å². The molecule has 0 spiro atoms. The van der Waals surface area contributed by atoms with Gasteiger partial charge in [-0.2, -0.15) is 5.10 Å². The van der Waals surface area contributed by atoms with E-state index >= 15 is 0 Å². The maximum absolute atomic E-state index is 12.5. The second kappa shape index (κ2) is 8.31. The van der Waals surface area contributed by atoms with Crippen molar-refractivity contribution < 1.29 is 14.1 Å². The quantitative estimate of drug-likeness (QED) is 0.415. The van der Waals surface area contributed by atoms with E-state index in [1.54, 1.807) is 42.5 Å². The van der Waals surface area contributed by atoms with Gasteiger partial charge < -0.3 is 15.2 Å². The molecule has 1 aromatic carbocycles. The zero-order chi connectivity index (χ0) is 22.9. The summed E-state index contributed by atoms with van der Waals surface area (Å²) >= 11 is 5.85. The van der Waals surface area contributed by atoms with E-state index in [0.29, 0.717) is 33.8 Å². The first-order chi connectivity index (χ1) is 15.2. The van der Waals surface area contributed by atoms with Crippen molar-refractivity contribution in [2.75, 3.05) is 16.0 Å². The molecule has 4 aromatic rings. The Morgan fingerprint density at radius 3 is 2.34 bits per heavy atom. The van der Waals surface area contributed by atoms with Crippen LogP contribution in [-0.2, 0) is 5.41 Å². The SMILES string of the molecule is CC(C)(C)c1cc(NC(=O)Nc2ccc(NC(=O)c3cn4nc(Cl)ccc4n3)cc2)no1. The van der Waals surface area contributed by atoms with Crippen molar-refractivity contribution in [3.05, 3.63) is 65.3 Å². The fourth-order valence-corrected chi connectivity index (χ4v) is 2.91. The van der Waals surface area contributed by atoms with Gasteiger partial charge in [-0.1, -0.05) is 37.5 Å². The number of hydrogen-bond donors (Lipinski definition) is 3. The van der Waals surface area contributed by atoms with E-state index in [9.17, 15) is 9.59 Å². The van der Waals surface area contributed by atoms with Crippen LogP contribution in [0.4, 0.5) is 22.0 Å². The van der Waals surface area contributed by atoms with Crippen molar-refractivity contribution >= 4 is 46.4 Å². The van der Waals surface area contributed by atoms with E-state index in [4.69, 9.17) is 16.1 Å². The summed E-state index contributed by atoms with van der Waals surface area (Å²) in [7, 11) is 0. The van der Waals surface area contributed by atoms with Crippen molar-refractivity contribution in [2.24, 2.45) is 0 Å². The highest BCUT2D eigenvalue weighted by Crippen LogP contribution is 2.24. The van der Waals surface area contributed by atoms with Crippen molar-refractivity contribution in [3.63, 3.8) is 0 Å². The zero-order valence-electron chi connectivity index (χ0n) is 17.5. The molecule has 0 saturated carbocycles. The average Bonchev–Trinajstić information content (AvgIpc) is 3.36. The molecule has 11 heteroatoms. The van der Waals surface area contributed by atoms with Crippen LogP contribution >= 0.6 is 11.6 Å². The van der Waals surface area contributed by atoms with Crippen LogP contribution in [0, 0.1) is 0 Å². The number of carbonyl (C=O) groups excluding carboxylic acids is 2. The van der Waals surface area contributed by atoms with Gasteiger partial charge in [0.25, 0.3) is 5.91 Å². The van der Waals surface area contributed by atoms with Crippen LogP contribution in [0.15, 0.2) is 53.2 Å². The highest BCUT2D eigenvalue weighted by Gasteiger charge is 2.20. The Morgan fingerprint density at radius 1 is 1.00 bits per heavy atom. The molecule has 0 radical (unpaired) electrons. The number of carbonyl (C=O) groups is 2. The number of fused-ring (bicyclic) bond motifs is 1. The number of aromatic nitrogens is 4. The van der Waals surface area contributed by atoms with Gasteiger partial charge in [0.05, 0.1) is 6.20 Å². The molecule has 0 aliphatic heterocycles. The lowest BCUT2D eigenvalue weighted by Gasteiger charge is -2.12. The van der Waals surface area contributed by atoms with Crippen molar-refractivity contribution in [1.82, 2.24) is 19.8 Å². The molecule has 4 rings (SSSR count). The summed E-state index contributed by atoms with van der Waals surface area (Å²) in [5.74, 6) is 0.586. The minimum Gasteiger partial charge on any atom is -0.359 e. The maximum Gasteiger partial charge on any atom is 0.324 e. The van der Waals surface area contributed by atoms with Gasteiger partial charge in [-0.15, -0.1) is 0 Å². The Morgan fingerprint density at radius 2 is 1.69 bits per heavy atom. The molecule has 0 unspecified atom stereocenters. The van der Waals surface area contributed by atoms with Gasteiger partial charge in [0.2, 0.25) is 0 Å². The first-order valence-electron chi connectivity index (χ1n) is 9.66. The molecule has 164 valence electrons. The number of urea groups is 1. The van der Waals surface area contributed by atoms with Gasteiger partial charge >= 0.3 is 6.03 Å². The van der Waals surface area contributed by atoms with Crippen molar-refractivity contribution in [2.45, 2.75) is 26.2 Å². The van der Waals surface area contributed by atoms with Crippen molar-refractivity contribution in [1.29, 1.82) is 0 Å². The summed E-state index contributed by atoms with van der Waals surface area (Å²) in [6.45, 7) is 5.96. The summed E-state index contributed by atoms with van der Waals surface area (Å²) in [5.41, 5.74) is 1.56. The predicted molar refractivity (Wildman–Crippen MR) is 120 cm³/mol. The molecule has 3 aromatic heterocycles. The largest absolute Gasteiger partial charge is 0.359 e. The van der Waals surface area contributed by atoms with Gasteiger partial charge in [0, 0.05) is 22.9 Å². The van der Waals surface area contributed by atoms with Crippen LogP contribution in [-0.4, -0.2) is 31.7 Å². The van der Waals surface area contributed by atoms with Gasteiger partial charge in [-0.3, -0.25) is 10.1 Å². The topological polar surface area (TPSA) is 126 Å². The van der Waals surface area contributed by atoms with E-state index in [0.717, 1.165) is 0 Å². The highest BCUT2D eigenvalue weighted by atomic mass is 35.5. The highest BCUT2D eigenvalue weighted by molar-refractivity contribution is 6.29. The van der Waals surface area contributed by atoms with Crippen molar-refractivity contribution in [3.8, 4) is 0 Å². The number of halogens is 1. The molecule has 3 amide bonds. The summed E-state index contributed by atoms with van der Waals surface area (Å²) < 4.78 is 6.68. The lowest BCUT2D eigenvalue weighted by molar-refractivity contribution is 0.102. The Labute approximate surface area is 188 Å². The fourth-order valence-electron chi connectivity index (χ4n) is 2.77. The van der Waals surface area contributed by atoms with E-state index in [2.05, 4.69) is 31.2 Å². The number of imidazole rings is 1. The first kappa shape index (κ1) is 21.3. The molecular weight excluding hydrogens is 434 g/mol. The Hall–Kier alpha value is -3.92. The van der Waals surface area contributed by atoms with Crippen LogP contribution in [0.1, 0.15) is 37.0 Å². The maximum atomic E-state index is 12.5. The number of nitrogens with zero attached hydrogens (tertiary/aromatic N) is 4. The molecule has 3 N–H and O–H groups in total. The molecule has 0 aliphatic carbocycles. The minimum absolute atomic E-state index is 0.198. The molecule has 0 fully saturated rings. The van der Waals surface area contributed by atoms with E-state index < -0.39 is 11.9 Å². The second-order valence-corrected chi connectivity index (χ2v) is 8.41. The number of hydrogen-bond acceptors (Lipinski definition) is 6. The number of amides is 3. The second-order valence-electron chi connectivity index (χ2n) is 8.02. The lowest BCUT2D eigenvalue weighted by Crippen LogP contribution is -2.19. The molecule has 0 saturated heterocycles. The summed E-state index contributed by atoms with van der Waals surface area (Å²) in [6, 6.07) is 11.1. The summed E-state index contributed by atoms with van der Waals surface area (Å²) in [5, 5.41) is 16.3. The number of rotatable bonds is 4. The lowest BCUT2D eigenvalue weighted by atomic mass is 9.93. The third-order valence-electron chi connectivity index (χ3n) is 4.41. The van der Waals surface area contributed by atoms with Gasteiger partial charge in [-0.05, 0) is 36.4 Å². The molecule has 0 bridgehead atoms. The Bertz CT molecular complexity index is 1290. The van der Waals surface area contributed by atoms with Crippen LogP contribution in [0.25, 0.3) is 5.65 Å². The monoisotopic (exact) mass is 453 g/mol. The third kappa shape index (κ3) is 4.86. The number of anilines is 3. The average molecular weight is 454 g/mol. The smallest absolute Gasteiger partial charge is 0.324 e. The van der Waals surface area contributed by atoms with Gasteiger partial charge in [0.15, 0.2) is 11.5 Å². The predicted octanol–water partition coefficient (Wildman–Crippen LogP) is 4.56. The molecule has 0 aliphatic rings. The molecule has 10 nitrogen and oxygen atoms in total. The standard InChI is InChI=1S/C21H20ClN7O3/c1-21(2,3)15-10-17(28-32-15)26-20(31)24-13-6-4-12(5-7-13)23-19(30)14-11-29-18(25-14)9-8-16(22)27-29/h4-11H,1-3H3,(H,23,30)(H2,24,26,28,31). The van der Waals surface area contributed by atoms with Crippen LogP contribution < -0.4 is 16.0 Å². The molecule has 32 heavy (non-hydrogen) atoms. The number of benzene rings is 1. The van der Waals surface area contributed by atoms with E-state index in [-0.39, 0.29) is 11.1 Å². The van der Waals surface area contributed by atoms with E-state index in [1.807, 2.05) is 20.8 Å². The Balaban J connectivity index is 1.35. The third-order valence-corrected chi connectivity index (χ3v) is 4.61. The van der Waals surface area contributed by atoms with Crippen LogP contribution in [0.5, 0.6) is 0 Å². The summed E-state index contributed by atoms with van der Waals surface area (Å²) in [4.78, 5) is 28.9. The van der Waals surface area contributed by atoms with E-state index in [1.165, 1.54) is 10.7 Å². The number of nitrogens with one attached hydrogen (secondary N) is 3. The van der Waals surface area contributed by atoms with Gasteiger partial charge in [0.1, 0.15) is 16.6 Å². The summed E-state index contributed by atoms with van der Waals surface area (Å²) in [6.07, 6.45) is 1.49.